The molecule has 0 aliphatic rings. The number of aliphatic hydroxyl groups excluding tert-OH is 1. The Balaban J connectivity index is 2.86. The van der Waals surface area contributed by atoms with Crippen LogP contribution in [-0.4, -0.2) is 11.7 Å². The van der Waals surface area contributed by atoms with Gasteiger partial charge in [-0.1, -0.05) is 51.8 Å². The molecule has 1 unspecified atom stereocenters. The van der Waals surface area contributed by atoms with Gasteiger partial charge in [0.25, 0.3) is 0 Å². The number of hydrogen-bond acceptors (Lipinski definition) is 2. The minimum atomic E-state index is -0.409. The maximum absolute atomic E-state index is 10.6. The third-order valence-electron chi connectivity index (χ3n) is 3.46. The van der Waals surface area contributed by atoms with Crippen molar-refractivity contribution in [2.45, 2.75) is 59.0 Å². The lowest BCUT2D eigenvalue weighted by Crippen LogP contribution is -2.14. The Bertz CT molecular complexity index is 343. The maximum Gasteiger partial charge on any atom is 0.125 e. The third kappa shape index (κ3) is 4.87. The second-order valence-corrected chi connectivity index (χ2v) is 5.17. The zero-order valence-electron chi connectivity index (χ0n) is 12.6. The molecule has 2 nitrogen and oxygen atoms in total. The normalized spacial score (nSPS) is 12.7. The van der Waals surface area contributed by atoms with Crippen molar-refractivity contribution in [2.24, 2.45) is 5.92 Å². The monoisotopic (exact) mass is 264 g/mol. The number of ether oxygens (including phenoxy) is 1. The summed E-state index contributed by atoms with van der Waals surface area (Å²) < 4.78 is 5.75. The Morgan fingerprint density at radius 1 is 1.00 bits per heavy atom. The van der Waals surface area contributed by atoms with Crippen LogP contribution in [0.3, 0.4) is 0 Å². The molecule has 1 aromatic carbocycles. The summed E-state index contributed by atoms with van der Waals surface area (Å²) >= 11 is 0. The fourth-order valence-electron chi connectivity index (χ4n) is 2.52. The SMILES string of the molecule is CCCOc1ccccc1C(O)C(CCC)CCC. The van der Waals surface area contributed by atoms with Gasteiger partial charge in [0.2, 0.25) is 0 Å². The van der Waals surface area contributed by atoms with Gasteiger partial charge < -0.3 is 9.84 Å². The number of aliphatic hydroxyl groups is 1. The summed E-state index contributed by atoms with van der Waals surface area (Å²) in [6, 6.07) is 7.90. The predicted octanol–water partition coefficient (Wildman–Crippen LogP) is 4.73. The molecular weight excluding hydrogens is 236 g/mol. The first kappa shape index (κ1) is 16.0. The molecule has 19 heavy (non-hydrogen) atoms. The predicted molar refractivity (Wildman–Crippen MR) is 80.5 cm³/mol. The van der Waals surface area contributed by atoms with Crippen LogP contribution in [0.1, 0.15) is 64.5 Å². The van der Waals surface area contributed by atoms with Crippen molar-refractivity contribution < 1.29 is 9.84 Å². The van der Waals surface area contributed by atoms with E-state index in [1.54, 1.807) is 0 Å². The number of benzene rings is 1. The molecule has 1 N–H and O–H groups in total. The summed E-state index contributed by atoms with van der Waals surface area (Å²) in [5.41, 5.74) is 0.947. The second kappa shape index (κ2) is 8.98. The van der Waals surface area contributed by atoms with Crippen molar-refractivity contribution in [3.05, 3.63) is 29.8 Å². The van der Waals surface area contributed by atoms with Crippen LogP contribution < -0.4 is 4.74 Å². The van der Waals surface area contributed by atoms with Crippen LogP contribution in [0, 0.1) is 5.92 Å². The molecule has 0 saturated heterocycles. The van der Waals surface area contributed by atoms with Crippen LogP contribution in [0.2, 0.25) is 0 Å². The van der Waals surface area contributed by atoms with E-state index in [4.69, 9.17) is 4.74 Å². The van der Waals surface area contributed by atoms with E-state index in [9.17, 15) is 5.11 Å². The maximum atomic E-state index is 10.6. The van der Waals surface area contributed by atoms with Gasteiger partial charge in [-0.3, -0.25) is 0 Å². The summed E-state index contributed by atoms with van der Waals surface area (Å²) in [7, 11) is 0. The fourth-order valence-corrected chi connectivity index (χ4v) is 2.52. The minimum absolute atomic E-state index is 0.335. The van der Waals surface area contributed by atoms with Crippen molar-refractivity contribution in [3.8, 4) is 5.75 Å². The molecule has 0 aromatic heterocycles. The second-order valence-electron chi connectivity index (χ2n) is 5.17. The molecule has 0 saturated carbocycles. The highest BCUT2D eigenvalue weighted by Gasteiger charge is 2.22. The van der Waals surface area contributed by atoms with E-state index in [2.05, 4.69) is 20.8 Å². The van der Waals surface area contributed by atoms with Gasteiger partial charge in [-0.05, 0) is 31.2 Å². The lowest BCUT2D eigenvalue weighted by atomic mass is 9.88. The van der Waals surface area contributed by atoms with Crippen LogP contribution in [0.25, 0.3) is 0 Å². The van der Waals surface area contributed by atoms with E-state index in [-0.39, 0.29) is 0 Å². The molecular formula is C17H28O2. The highest BCUT2D eigenvalue weighted by Crippen LogP contribution is 2.34. The van der Waals surface area contributed by atoms with Crippen LogP contribution in [-0.2, 0) is 0 Å². The topological polar surface area (TPSA) is 29.5 Å². The summed E-state index contributed by atoms with van der Waals surface area (Å²) in [4.78, 5) is 0. The Morgan fingerprint density at radius 3 is 2.21 bits per heavy atom. The van der Waals surface area contributed by atoms with E-state index in [1.807, 2.05) is 24.3 Å². The highest BCUT2D eigenvalue weighted by atomic mass is 16.5. The van der Waals surface area contributed by atoms with Gasteiger partial charge in [-0.25, -0.2) is 0 Å². The van der Waals surface area contributed by atoms with Gasteiger partial charge in [0, 0.05) is 5.56 Å². The molecule has 1 atom stereocenters. The standard InChI is InChI=1S/C17H28O2/c1-4-9-14(10-5-2)17(18)15-11-7-8-12-16(15)19-13-6-3/h7-8,11-12,14,17-18H,4-6,9-10,13H2,1-3H3. The molecule has 0 aliphatic heterocycles. The van der Waals surface area contributed by atoms with Crippen molar-refractivity contribution in [3.63, 3.8) is 0 Å². The molecule has 0 bridgehead atoms. The van der Waals surface area contributed by atoms with Gasteiger partial charge in [-0.2, -0.15) is 0 Å². The average molecular weight is 264 g/mol. The average Bonchev–Trinajstić information content (AvgIpc) is 2.44. The summed E-state index contributed by atoms with van der Waals surface area (Å²) in [5.74, 6) is 1.18. The Labute approximate surface area is 117 Å². The molecule has 1 aromatic rings. The molecule has 1 rings (SSSR count). The van der Waals surface area contributed by atoms with Gasteiger partial charge in [0.05, 0.1) is 12.7 Å². The third-order valence-corrected chi connectivity index (χ3v) is 3.46. The lowest BCUT2D eigenvalue weighted by molar-refractivity contribution is 0.0929. The van der Waals surface area contributed by atoms with Crippen LogP contribution in [0.15, 0.2) is 24.3 Å². The van der Waals surface area contributed by atoms with E-state index in [0.29, 0.717) is 12.5 Å². The zero-order valence-corrected chi connectivity index (χ0v) is 12.6. The van der Waals surface area contributed by atoms with Gasteiger partial charge >= 0.3 is 0 Å². The Hall–Kier alpha value is -1.02. The van der Waals surface area contributed by atoms with Gasteiger partial charge in [0.1, 0.15) is 5.75 Å². The van der Waals surface area contributed by atoms with Crippen molar-refractivity contribution in [1.29, 1.82) is 0 Å². The number of hydrogen-bond donors (Lipinski definition) is 1. The Morgan fingerprint density at radius 2 is 1.63 bits per heavy atom. The molecule has 0 aliphatic carbocycles. The molecule has 2 heteroatoms. The first-order valence-corrected chi connectivity index (χ1v) is 7.64. The minimum Gasteiger partial charge on any atom is -0.493 e. The first-order chi connectivity index (χ1) is 9.24. The molecule has 0 heterocycles. The van der Waals surface area contributed by atoms with Gasteiger partial charge in [0.15, 0.2) is 0 Å². The van der Waals surface area contributed by atoms with E-state index < -0.39 is 6.10 Å². The molecule has 0 radical (unpaired) electrons. The molecule has 108 valence electrons. The van der Waals surface area contributed by atoms with Crippen LogP contribution >= 0.6 is 0 Å². The quantitative estimate of drug-likeness (QED) is 0.699. The summed E-state index contributed by atoms with van der Waals surface area (Å²) in [6.07, 6.45) is 4.93. The lowest BCUT2D eigenvalue weighted by Gasteiger charge is -2.24. The largest absolute Gasteiger partial charge is 0.493 e. The molecule has 0 fully saturated rings. The van der Waals surface area contributed by atoms with Crippen LogP contribution in [0.5, 0.6) is 5.75 Å². The zero-order chi connectivity index (χ0) is 14.1. The first-order valence-electron chi connectivity index (χ1n) is 7.64. The van der Waals surface area contributed by atoms with Crippen LogP contribution in [0.4, 0.5) is 0 Å². The van der Waals surface area contributed by atoms with E-state index in [1.165, 1.54) is 0 Å². The van der Waals surface area contributed by atoms with Gasteiger partial charge in [-0.15, -0.1) is 0 Å². The number of rotatable bonds is 9. The number of para-hydroxylation sites is 1. The molecule has 0 amide bonds. The summed E-state index contributed by atoms with van der Waals surface area (Å²) in [6.45, 7) is 7.15. The Kier molecular flexibility index (Phi) is 7.57. The fraction of sp³-hybridized carbons (Fsp3) is 0.647. The summed E-state index contributed by atoms with van der Waals surface area (Å²) in [5, 5.41) is 10.6. The van der Waals surface area contributed by atoms with E-state index >= 15 is 0 Å². The highest BCUT2D eigenvalue weighted by molar-refractivity contribution is 5.35. The smallest absolute Gasteiger partial charge is 0.125 e. The molecule has 0 spiro atoms. The van der Waals surface area contributed by atoms with Crippen molar-refractivity contribution in [1.82, 2.24) is 0 Å². The van der Waals surface area contributed by atoms with Crippen molar-refractivity contribution in [2.75, 3.05) is 6.61 Å². The van der Waals surface area contributed by atoms with Crippen molar-refractivity contribution >= 4 is 0 Å². The van der Waals surface area contributed by atoms with E-state index in [0.717, 1.165) is 43.4 Å².